The highest BCUT2D eigenvalue weighted by Gasteiger charge is 2.25. The molecule has 6 heteroatoms. The van der Waals surface area contributed by atoms with Gasteiger partial charge in [0.1, 0.15) is 23.2 Å². The number of hydrogen-bond donors (Lipinski definition) is 1. The van der Waals surface area contributed by atoms with Crippen LogP contribution < -0.4 is 10.1 Å². The summed E-state index contributed by atoms with van der Waals surface area (Å²) in [5, 5.41) is 4.67. The summed E-state index contributed by atoms with van der Waals surface area (Å²) >= 11 is 0. The molecule has 0 bridgehead atoms. The molecule has 6 nitrogen and oxygen atoms in total. The average Bonchev–Trinajstić information content (AvgIpc) is 3.25. The van der Waals surface area contributed by atoms with E-state index in [1.807, 2.05) is 42.3 Å². The Morgan fingerprint density at radius 3 is 3.08 bits per heavy atom. The number of hydrogen-bond acceptors (Lipinski definition) is 5. The monoisotopic (exact) mass is 341 g/mol. The first-order valence-electron chi connectivity index (χ1n) is 8.60. The van der Waals surface area contributed by atoms with Gasteiger partial charge in [0.25, 0.3) is 0 Å². The van der Waals surface area contributed by atoms with Crippen molar-refractivity contribution in [3.63, 3.8) is 0 Å². The molecule has 1 saturated heterocycles. The van der Waals surface area contributed by atoms with Crippen LogP contribution in [0.1, 0.15) is 30.4 Å². The van der Waals surface area contributed by atoms with Crippen LogP contribution in [0.2, 0.25) is 0 Å². The van der Waals surface area contributed by atoms with Gasteiger partial charge in [-0.3, -0.25) is 0 Å². The maximum Gasteiger partial charge on any atom is 0.134 e. The Labute approximate surface area is 146 Å². The maximum atomic E-state index is 5.92. The van der Waals surface area contributed by atoms with Gasteiger partial charge >= 0.3 is 0 Å². The molecule has 2 atom stereocenters. The van der Waals surface area contributed by atoms with E-state index in [-0.39, 0.29) is 6.10 Å². The number of rotatable bonds is 5. The summed E-state index contributed by atoms with van der Waals surface area (Å²) < 4.78 is 19.1. The highest BCUT2D eigenvalue weighted by molar-refractivity contribution is 5.79. The molecule has 0 unspecified atom stereocenters. The molecule has 2 aromatic heterocycles. The fourth-order valence-electron chi connectivity index (χ4n) is 3.40. The van der Waals surface area contributed by atoms with Crippen LogP contribution in [0.3, 0.4) is 0 Å². The Bertz CT molecular complexity index is 855. The van der Waals surface area contributed by atoms with Crippen LogP contribution in [0, 0.1) is 0 Å². The third-order valence-corrected chi connectivity index (χ3v) is 4.81. The number of fused-ring (bicyclic) bond motifs is 1. The Morgan fingerprint density at radius 2 is 2.28 bits per heavy atom. The third kappa shape index (κ3) is 3.41. The van der Waals surface area contributed by atoms with Gasteiger partial charge in [0.15, 0.2) is 0 Å². The second kappa shape index (κ2) is 6.90. The van der Waals surface area contributed by atoms with Crippen LogP contribution in [0.15, 0.2) is 41.2 Å². The molecule has 1 aliphatic heterocycles. The molecule has 25 heavy (non-hydrogen) atoms. The average molecular weight is 341 g/mol. The minimum absolute atomic E-state index is 0.0960. The van der Waals surface area contributed by atoms with E-state index in [0.717, 1.165) is 47.6 Å². The van der Waals surface area contributed by atoms with Gasteiger partial charge in [-0.1, -0.05) is 0 Å². The van der Waals surface area contributed by atoms with Gasteiger partial charge in [-0.2, -0.15) is 0 Å². The van der Waals surface area contributed by atoms with Crippen molar-refractivity contribution in [2.45, 2.75) is 31.5 Å². The number of ether oxygens (including phenoxy) is 2. The minimum atomic E-state index is 0.0960. The summed E-state index contributed by atoms with van der Waals surface area (Å²) in [6.07, 6.45) is 5.74. The number of aryl methyl sites for hydroxylation is 1. The topological polar surface area (TPSA) is 61.4 Å². The van der Waals surface area contributed by atoms with E-state index < -0.39 is 0 Å². The fourth-order valence-corrected chi connectivity index (χ4v) is 3.40. The van der Waals surface area contributed by atoms with Gasteiger partial charge in [-0.25, -0.2) is 4.98 Å². The number of aromatic nitrogens is 2. The minimum Gasteiger partial charge on any atom is -0.497 e. The van der Waals surface area contributed by atoms with Crippen molar-refractivity contribution in [2.75, 3.05) is 13.7 Å². The van der Waals surface area contributed by atoms with Crippen LogP contribution in [-0.4, -0.2) is 29.3 Å². The molecule has 0 aliphatic carbocycles. The van der Waals surface area contributed by atoms with Crippen molar-refractivity contribution < 1.29 is 13.9 Å². The van der Waals surface area contributed by atoms with Crippen LogP contribution in [-0.2, 0) is 18.3 Å². The molecule has 0 spiro atoms. The highest BCUT2D eigenvalue weighted by Crippen LogP contribution is 2.28. The molecule has 1 N–H and O–H groups in total. The van der Waals surface area contributed by atoms with E-state index >= 15 is 0 Å². The zero-order chi connectivity index (χ0) is 17.2. The summed E-state index contributed by atoms with van der Waals surface area (Å²) in [4.78, 5) is 4.19. The van der Waals surface area contributed by atoms with Crippen molar-refractivity contribution >= 4 is 11.0 Å². The van der Waals surface area contributed by atoms with Gasteiger partial charge < -0.3 is 23.8 Å². The third-order valence-electron chi connectivity index (χ3n) is 4.81. The van der Waals surface area contributed by atoms with E-state index in [1.54, 1.807) is 7.11 Å². The van der Waals surface area contributed by atoms with E-state index in [0.29, 0.717) is 12.6 Å². The molecule has 4 rings (SSSR count). The Hall–Kier alpha value is -2.31. The first kappa shape index (κ1) is 16.2. The van der Waals surface area contributed by atoms with Gasteiger partial charge in [0.05, 0.1) is 31.9 Å². The summed E-state index contributed by atoms with van der Waals surface area (Å²) in [5.41, 5.74) is 2.01. The molecule has 1 fully saturated rings. The van der Waals surface area contributed by atoms with E-state index in [1.165, 1.54) is 0 Å². The summed E-state index contributed by atoms with van der Waals surface area (Å²) in [6.45, 7) is 1.46. The van der Waals surface area contributed by atoms with E-state index in [2.05, 4.69) is 16.4 Å². The first-order valence-corrected chi connectivity index (χ1v) is 8.60. The Kier molecular flexibility index (Phi) is 4.46. The molecule has 1 aromatic carbocycles. The van der Waals surface area contributed by atoms with Gasteiger partial charge in [-0.05, 0) is 37.1 Å². The van der Waals surface area contributed by atoms with Crippen LogP contribution in [0.5, 0.6) is 5.75 Å². The number of nitrogens with zero attached hydrogens (tertiary/aromatic N) is 2. The smallest absolute Gasteiger partial charge is 0.134 e. The summed E-state index contributed by atoms with van der Waals surface area (Å²) in [5.74, 6) is 1.78. The van der Waals surface area contributed by atoms with Crippen LogP contribution in [0.4, 0.5) is 0 Å². The predicted octanol–water partition coefficient (Wildman–Crippen LogP) is 3.18. The van der Waals surface area contributed by atoms with Crippen LogP contribution in [0.25, 0.3) is 11.0 Å². The molecule has 0 amide bonds. The first-order chi connectivity index (χ1) is 12.2. The van der Waals surface area contributed by atoms with E-state index in [4.69, 9.17) is 13.9 Å². The summed E-state index contributed by atoms with van der Waals surface area (Å²) in [6, 6.07) is 8.33. The van der Waals surface area contributed by atoms with Crippen molar-refractivity contribution in [1.82, 2.24) is 14.9 Å². The lowest BCUT2D eigenvalue weighted by Gasteiger charge is -2.30. The number of methoxy groups -OCH3 is 1. The molecule has 0 radical (unpaired) electrons. The highest BCUT2D eigenvalue weighted by atomic mass is 16.5. The zero-order valence-corrected chi connectivity index (χ0v) is 14.6. The lowest BCUT2D eigenvalue weighted by molar-refractivity contribution is -0.00428. The second-order valence-electron chi connectivity index (χ2n) is 6.51. The van der Waals surface area contributed by atoms with Crippen molar-refractivity contribution in [2.24, 2.45) is 7.05 Å². The Morgan fingerprint density at radius 1 is 1.36 bits per heavy atom. The molecule has 132 valence electrons. The lowest BCUT2D eigenvalue weighted by atomic mass is 10.0. The summed E-state index contributed by atoms with van der Waals surface area (Å²) in [7, 11) is 3.68. The van der Waals surface area contributed by atoms with Crippen LogP contribution >= 0.6 is 0 Å². The standard InChI is InChI=1S/C19H23N3O3/c1-22-12-20-11-17(22)19-9-14(5-6-24-19)21-10-16-8-13-7-15(23-2)3-4-18(13)25-16/h3-4,7-8,11-12,14,19,21H,5-6,9-10H2,1-2H3/t14-,19+/m1/s1. The molecule has 3 aromatic rings. The fraction of sp³-hybridized carbons (Fsp3) is 0.421. The normalized spacial score (nSPS) is 20.9. The second-order valence-corrected chi connectivity index (χ2v) is 6.51. The molecular formula is C19H23N3O3. The van der Waals surface area contributed by atoms with Crippen molar-refractivity contribution in [1.29, 1.82) is 0 Å². The molecule has 0 saturated carbocycles. The number of nitrogens with one attached hydrogen (secondary N) is 1. The SMILES string of the molecule is COc1ccc2oc(CN[C@@H]3CCO[C@H](c4cncn4C)C3)cc2c1. The van der Waals surface area contributed by atoms with Crippen molar-refractivity contribution in [3.05, 3.63) is 48.2 Å². The molecule has 1 aliphatic rings. The van der Waals surface area contributed by atoms with Gasteiger partial charge in [0.2, 0.25) is 0 Å². The molecule has 3 heterocycles. The number of benzene rings is 1. The largest absolute Gasteiger partial charge is 0.497 e. The van der Waals surface area contributed by atoms with Gasteiger partial charge in [-0.15, -0.1) is 0 Å². The zero-order valence-electron chi connectivity index (χ0n) is 14.6. The quantitative estimate of drug-likeness (QED) is 0.772. The Balaban J connectivity index is 1.40. The lowest BCUT2D eigenvalue weighted by Crippen LogP contribution is -2.36. The number of imidazole rings is 1. The van der Waals surface area contributed by atoms with Crippen molar-refractivity contribution in [3.8, 4) is 5.75 Å². The maximum absolute atomic E-state index is 5.92. The molecular weight excluding hydrogens is 318 g/mol. The van der Waals surface area contributed by atoms with E-state index in [9.17, 15) is 0 Å². The predicted molar refractivity (Wildman–Crippen MR) is 94.5 cm³/mol. The number of furan rings is 1. The van der Waals surface area contributed by atoms with Gasteiger partial charge in [0, 0.05) is 25.1 Å².